The maximum absolute atomic E-state index is 7.75. The third-order valence-electron chi connectivity index (χ3n) is 1.26. The van der Waals surface area contributed by atoms with Crippen LogP contribution < -0.4 is 5.49 Å². The van der Waals surface area contributed by atoms with Crippen molar-refractivity contribution in [1.82, 2.24) is 19.7 Å². The first kappa shape index (κ1) is 3.10. The highest BCUT2D eigenvalue weighted by atomic mass is 15.3. The van der Waals surface area contributed by atoms with E-state index in [-0.39, 0.29) is 5.95 Å². The van der Waals surface area contributed by atoms with Crippen molar-refractivity contribution < 1.29 is 9.60 Å². The molecule has 0 unspecified atom stereocenters. The van der Waals surface area contributed by atoms with Gasteiger partial charge < -0.3 is 4.98 Å². The van der Waals surface area contributed by atoms with Crippen LogP contribution in [0.3, 0.4) is 0 Å². The molecule has 0 amide bonds. The number of nitrogens with one attached hydrogen (secondary N) is 2. The number of hydrogen-bond donors (Lipinski definition) is 2. The number of H-pyrrole nitrogens is 1. The minimum atomic E-state index is -2.67. The molecular weight excluding hydrogens is 166 g/mol. The van der Waals surface area contributed by atoms with Crippen LogP contribution in [-0.2, 0) is 0 Å². The summed E-state index contributed by atoms with van der Waals surface area (Å²) in [5.41, 5.74) is -0.961. The Bertz CT molecular complexity index is 728. The highest BCUT2D eigenvalue weighted by Crippen LogP contribution is 1.98. The lowest BCUT2D eigenvalue weighted by Gasteiger charge is -1.97. The highest BCUT2D eigenvalue weighted by molar-refractivity contribution is 5.11. The molecule has 0 radical (unpaired) electrons. The minimum Gasteiger partial charge on any atom is -0.309 e. The zero-order valence-electron chi connectivity index (χ0n) is 13.3. The molecule has 0 aliphatic heterocycles. The second-order valence-electron chi connectivity index (χ2n) is 2.18. The van der Waals surface area contributed by atoms with Crippen molar-refractivity contribution >= 4 is 0 Å². The first-order valence-corrected chi connectivity index (χ1v) is 3.32. The van der Waals surface area contributed by atoms with Gasteiger partial charge in [0.05, 0.1) is 11.7 Å². The lowest BCUT2D eigenvalue weighted by atomic mass is 10.4. The van der Waals surface area contributed by atoms with E-state index in [4.69, 9.17) is 15.0 Å². The van der Waals surface area contributed by atoms with Crippen LogP contribution in [-0.4, -0.2) is 19.7 Å². The largest absolute Gasteiger partial charge is 0.309 e. The molecule has 2 rings (SSSR count). The van der Waals surface area contributed by atoms with Gasteiger partial charge in [0.1, 0.15) is 5.49 Å². The van der Waals surface area contributed by atoms with Gasteiger partial charge in [-0.25, -0.2) is 9.67 Å². The Balaban J connectivity index is 2.70. The summed E-state index contributed by atoms with van der Waals surface area (Å²) in [6, 6.07) is -0.436. The fraction of sp³-hybridized carbons (Fsp3) is 0.125. The van der Waals surface area contributed by atoms with Crippen LogP contribution in [0.15, 0.2) is 24.6 Å². The fourth-order valence-corrected chi connectivity index (χ4v) is 0.764. The smallest absolute Gasteiger partial charge is 0.229 e. The fourth-order valence-electron chi connectivity index (χ4n) is 0.764. The summed E-state index contributed by atoms with van der Waals surface area (Å²) in [7, 11) is 0. The van der Waals surface area contributed by atoms with Crippen molar-refractivity contribution in [3.05, 3.63) is 35.6 Å². The SMILES string of the molecule is [2H]c1nn(-c2nc([2H])c([2H])c(=N)[nH]2)c([2H])c1C([2H])([2H])[2H]. The molecule has 0 bridgehead atoms. The minimum absolute atomic E-state index is 0.259. The standard InChI is InChI=1S/C8H9N5/c1-6-4-11-13(5-6)8-10-3-2-7(9)12-8/h2-5H,1H3,(H2,9,10,12)/i1D3,2D,3D,4D,5D. The Labute approximate surface area is 84.4 Å². The summed E-state index contributed by atoms with van der Waals surface area (Å²) >= 11 is 0. The lowest BCUT2D eigenvalue weighted by Crippen LogP contribution is -2.11. The number of aromatic amines is 1. The third-order valence-corrected chi connectivity index (χ3v) is 1.26. The van der Waals surface area contributed by atoms with Crippen LogP contribution in [0.2, 0.25) is 0 Å². The Kier molecular flexibility index (Phi) is 0.680. The third kappa shape index (κ3) is 1.48. The predicted octanol–water partition coefficient (Wildman–Crippen LogP) is 0.383. The topological polar surface area (TPSA) is 70.3 Å². The Morgan fingerprint density at radius 3 is 3.38 bits per heavy atom. The summed E-state index contributed by atoms with van der Waals surface area (Å²) in [6.45, 7) is -2.67. The van der Waals surface area contributed by atoms with Crippen molar-refractivity contribution in [3.63, 3.8) is 0 Å². The van der Waals surface area contributed by atoms with Crippen molar-refractivity contribution in [3.8, 4) is 5.95 Å². The maximum atomic E-state index is 7.75. The van der Waals surface area contributed by atoms with Crippen LogP contribution in [0, 0.1) is 12.3 Å². The molecule has 2 heterocycles. The lowest BCUT2D eigenvalue weighted by molar-refractivity contribution is 0.793. The Hall–Kier alpha value is -1.91. The van der Waals surface area contributed by atoms with Crippen molar-refractivity contribution in [1.29, 1.82) is 5.41 Å². The van der Waals surface area contributed by atoms with Crippen LogP contribution in [0.1, 0.15) is 15.2 Å². The van der Waals surface area contributed by atoms with Gasteiger partial charge in [-0.3, -0.25) is 5.41 Å². The maximum Gasteiger partial charge on any atom is 0.229 e. The van der Waals surface area contributed by atoms with Gasteiger partial charge in [-0.2, -0.15) is 5.10 Å². The number of hydrogen-bond acceptors (Lipinski definition) is 3. The van der Waals surface area contributed by atoms with Crippen LogP contribution in [0.25, 0.3) is 5.95 Å². The summed E-state index contributed by atoms with van der Waals surface area (Å²) < 4.78 is 52.5. The molecule has 0 spiro atoms. The van der Waals surface area contributed by atoms with E-state index in [9.17, 15) is 0 Å². The summed E-state index contributed by atoms with van der Waals surface area (Å²) in [5.74, 6) is -0.259. The molecule has 0 atom stereocenters. The zero-order valence-corrected chi connectivity index (χ0v) is 6.34. The predicted molar refractivity (Wildman–Crippen MR) is 46.3 cm³/mol. The summed E-state index contributed by atoms with van der Waals surface area (Å²) in [4.78, 5) is 5.95. The molecule has 0 aliphatic carbocycles. The Morgan fingerprint density at radius 2 is 2.69 bits per heavy atom. The van der Waals surface area contributed by atoms with E-state index in [1.165, 1.54) is 0 Å². The first-order valence-electron chi connectivity index (χ1n) is 6.82. The van der Waals surface area contributed by atoms with E-state index < -0.39 is 42.5 Å². The number of nitrogens with zero attached hydrogens (tertiary/aromatic N) is 3. The van der Waals surface area contributed by atoms with E-state index >= 15 is 0 Å². The summed E-state index contributed by atoms with van der Waals surface area (Å²) in [5, 5.41) is 11.0. The molecule has 5 nitrogen and oxygen atoms in total. The molecule has 2 aromatic heterocycles. The molecule has 66 valence electrons. The molecule has 13 heavy (non-hydrogen) atoms. The molecule has 2 N–H and O–H groups in total. The van der Waals surface area contributed by atoms with E-state index in [2.05, 4.69) is 15.1 Å². The van der Waals surface area contributed by atoms with Gasteiger partial charge >= 0.3 is 0 Å². The first-order chi connectivity index (χ1) is 9.12. The molecule has 0 aliphatic rings. The second kappa shape index (κ2) is 2.85. The highest BCUT2D eigenvalue weighted by Gasteiger charge is 1.97. The van der Waals surface area contributed by atoms with E-state index in [0.29, 0.717) is 0 Å². The molecule has 5 heteroatoms. The zero-order chi connectivity index (χ0) is 15.2. The van der Waals surface area contributed by atoms with Crippen molar-refractivity contribution in [2.24, 2.45) is 0 Å². The second-order valence-corrected chi connectivity index (χ2v) is 2.18. The molecule has 0 aromatic carbocycles. The van der Waals surface area contributed by atoms with Gasteiger partial charge in [0.2, 0.25) is 5.95 Å². The van der Waals surface area contributed by atoms with Crippen LogP contribution >= 0.6 is 0 Å². The van der Waals surface area contributed by atoms with Gasteiger partial charge in [-0.15, -0.1) is 0 Å². The Morgan fingerprint density at radius 1 is 1.77 bits per heavy atom. The van der Waals surface area contributed by atoms with Gasteiger partial charge in [-0.05, 0) is 18.5 Å². The van der Waals surface area contributed by atoms with Gasteiger partial charge in [0, 0.05) is 16.5 Å². The molecule has 0 fully saturated rings. The van der Waals surface area contributed by atoms with E-state index in [1.54, 1.807) is 0 Å². The van der Waals surface area contributed by atoms with Gasteiger partial charge in [0.25, 0.3) is 0 Å². The molecule has 0 saturated carbocycles. The van der Waals surface area contributed by atoms with E-state index in [0.717, 1.165) is 4.68 Å². The number of aromatic nitrogens is 4. The van der Waals surface area contributed by atoms with Crippen molar-refractivity contribution in [2.75, 3.05) is 0 Å². The van der Waals surface area contributed by atoms with Crippen molar-refractivity contribution in [2.45, 2.75) is 6.85 Å². The van der Waals surface area contributed by atoms with Crippen LogP contribution in [0.5, 0.6) is 0 Å². The monoisotopic (exact) mass is 182 g/mol. The normalized spacial score (nSPS) is 18.9. The molecular formula is C8H9N5. The van der Waals surface area contributed by atoms with Crippen LogP contribution in [0.4, 0.5) is 0 Å². The average Bonchev–Trinajstić information content (AvgIpc) is 2.60. The van der Waals surface area contributed by atoms with Gasteiger partial charge in [0.15, 0.2) is 0 Å². The summed E-state index contributed by atoms with van der Waals surface area (Å²) in [6.07, 6.45) is -1.69. The van der Waals surface area contributed by atoms with Gasteiger partial charge in [-0.1, -0.05) is 0 Å². The quantitative estimate of drug-likeness (QED) is 0.669. The molecule has 0 saturated heterocycles. The molecule has 2 aromatic rings. The average molecular weight is 182 g/mol. The number of rotatable bonds is 1. The van der Waals surface area contributed by atoms with E-state index in [1.807, 2.05) is 0 Å².